The lowest BCUT2D eigenvalue weighted by Crippen LogP contribution is -1.83. The molecule has 0 bridgehead atoms. The maximum Gasteiger partial charge on any atom is 0.252 e. The van der Waals surface area contributed by atoms with Gasteiger partial charge in [0.05, 0.1) is 6.04 Å². The van der Waals surface area contributed by atoms with Gasteiger partial charge in [-0.3, -0.25) is 4.79 Å². The summed E-state index contributed by atoms with van der Waals surface area (Å²) in [7, 11) is 0. The van der Waals surface area contributed by atoms with E-state index in [9.17, 15) is 4.79 Å². The van der Waals surface area contributed by atoms with Crippen molar-refractivity contribution in [1.29, 1.82) is 0 Å². The summed E-state index contributed by atoms with van der Waals surface area (Å²) < 4.78 is 0. The molecule has 0 saturated heterocycles. The van der Waals surface area contributed by atoms with Crippen molar-refractivity contribution in [2.75, 3.05) is 0 Å². The third-order valence-corrected chi connectivity index (χ3v) is 0.345. The van der Waals surface area contributed by atoms with Crippen LogP contribution < -0.4 is 0 Å². The lowest BCUT2D eigenvalue weighted by atomic mass is 10.4. The van der Waals surface area contributed by atoms with E-state index < -0.39 is 0 Å². The van der Waals surface area contributed by atoms with Gasteiger partial charge in [0.2, 0.25) is 0 Å². The molecule has 0 heterocycles. The fourth-order valence-corrected chi connectivity index (χ4v) is 0.161. The molecular weight excluding hydrogens is 92.1 g/mol. The van der Waals surface area contributed by atoms with Crippen LogP contribution in [0.4, 0.5) is 0 Å². The first-order valence-corrected chi connectivity index (χ1v) is 2.11. The van der Waals surface area contributed by atoms with Gasteiger partial charge in [0.15, 0.2) is 0 Å². The van der Waals surface area contributed by atoms with Crippen LogP contribution in [0, 0.1) is 0 Å². The summed E-state index contributed by atoms with van der Waals surface area (Å²) in [6.07, 6.45) is 0.431. The van der Waals surface area contributed by atoms with E-state index in [2.05, 4.69) is 10.2 Å². The minimum atomic E-state index is 0.130. The first kappa shape index (κ1) is 6.27. The molecule has 3 heteroatoms. The Morgan fingerprint density at radius 3 is 2.29 bits per heavy atom. The van der Waals surface area contributed by atoms with Gasteiger partial charge in [0, 0.05) is 0 Å². The quantitative estimate of drug-likeness (QED) is 0.377. The van der Waals surface area contributed by atoms with Crippen LogP contribution >= 0.6 is 0 Å². The van der Waals surface area contributed by atoms with Crippen LogP contribution in [0.3, 0.4) is 0 Å². The van der Waals surface area contributed by atoms with E-state index in [0.29, 0.717) is 6.41 Å². The largest absolute Gasteiger partial charge is 0.275 e. The van der Waals surface area contributed by atoms with Crippen molar-refractivity contribution in [3.05, 3.63) is 0 Å². The minimum Gasteiger partial charge on any atom is -0.275 e. The number of amides is 1. The Hall–Kier alpha value is -0.730. The second-order valence-corrected chi connectivity index (χ2v) is 1.43. The molecule has 0 aliphatic carbocycles. The average Bonchev–Trinajstić information content (AvgIpc) is 1.61. The summed E-state index contributed by atoms with van der Waals surface area (Å²) >= 11 is 0. The second kappa shape index (κ2) is 3.46. The van der Waals surface area contributed by atoms with Crippen LogP contribution in [-0.4, -0.2) is 12.5 Å². The Bertz CT molecular complexity index is 77.8. The van der Waals surface area contributed by atoms with Crippen LogP contribution in [0.1, 0.15) is 13.8 Å². The predicted molar refractivity (Wildman–Crippen MR) is 26.1 cm³/mol. The van der Waals surface area contributed by atoms with Crippen LogP contribution in [-0.2, 0) is 4.79 Å². The SMILES string of the molecule is CC(C)N=NC=O. The number of azo groups is 1. The maximum atomic E-state index is 9.45. The number of rotatable bonds is 2. The molecule has 0 aromatic carbocycles. The molecule has 0 saturated carbocycles. The molecule has 0 aliphatic rings. The van der Waals surface area contributed by atoms with E-state index >= 15 is 0 Å². The Morgan fingerprint density at radius 1 is 1.57 bits per heavy atom. The molecule has 40 valence electrons. The highest BCUT2D eigenvalue weighted by molar-refractivity contribution is 5.45. The molecule has 0 aromatic heterocycles. The topological polar surface area (TPSA) is 41.8 Å². The standard InChI is InChI=1S/C4H8N2O/c1-4(2)6-5-3-7/h3-4H,1-2H3. The van der Waals surface area contributed by atoms with Gasteiger partial charge in [0.1, 0.15) is 0 Å². The summed E-state index contributed by atoms with van der Waals surface area (Å²) in [5.41, 5.74) is 0. The van der Waals surface area contributed by atoms with Crippen molar-refractivity contribution in [2.45, 2.75) is 19.9 Å². The highest BCUT2D eigenvalue weighted by atomic mass is 16.1. The number of carbonyl (C=O) groups is 1. The van der Waals surface area contributed by atoms with E-state index in [0.717, 1.165) is 0 Å². The highest BCUT2D eigenvalue weighted by Gasteiger charge is 1.80. The monoisotopic (exact) mass is 100 g/mol. The Balaban J connectivity index is 3.25. The van der Waals surface area contributed by atoms with Gasteiger partial charge in [-0.15, -0.1) is 5.11 Å². The average molecular weight is 100 g/mol. The molecule has 7 heavy (non-hydrogen) atoms. The number of carbonyl (C=O) groups excluding carboxylic acids is 1. The number of nitrogens with zero attached hydrogens (tertiary/aromatic N) is 2. The first-order chi connectivity index (χ1) is 3.27. The van der Waals surface area contributed by atoms with Crippen LogP contribution in [0.25, 0.3) is 0 Å². The van der Waals surface area contributed by atoms with Crippen molar-refractivity contribution in [3.8, 4) is 0 Å². The Kier molecular flexibility index (Phi) is 3.10. The summed E-state index contributed by atoms with van der Waals surface area (Å²) in [6.45, 7) is 3.71. The van der Waals surface area contributed by atoms with Gasteiger partial charge < -0.3 is 0 Å². The number of hydrogen-bond acceptors (Lipinski definition) is 2. The summed E-state index contributed by atoms with van der Waals surface area (Å²) in [4.78, 5) is 9.45. The van der Waals surface area contributed by atoms with Crippen molar-refractivity contribution in [1.82, 2.24) is 0 Å². The summed E-state index contributed by atoms with van der Waals surface area (Å²) in [5, 5.41) is 6.62. The Labute approximate surface area is 42.4 Å². The predicted octanol–water partition coefficient (Wildman–Crippen LogP) is 1.00. The van der Waals surface area contributed by atoms with Gasteiger partial charge in [0.25, 0.3) is 6.41 Å². The summed E-state index contributed by atoms with van der Waals surface area (Å²) in [6, 6.07) is 0.130. The maximum absolute atomic E-state index is 9.45. The number of hydrogen-bond donors (Lipinski definition) is 0. The van der Waals surface area contributed by atoms with E-state index in [-0.39, 0.29) is 6.04 Å². The highest BCUT2D eigenvalue weighted by Crippen LogP contribution is 1.83. The van der Waals surface area contributed by atoms with Crippen LogP contribution in [0.15, 0.2) is 10.2 Å². The molecule has 1 amide bonds. The zero-order valence-corrected chi connectivity index (χ0v) is 4.46. The third-order valence-electron chi connectivity index (χ3n) is 0.345. The molecule has 0 aromatic rings. The molecule has 0 radical (unpaired) electrons. The molecule has 0 unspecified atom stereocenters. The molecule has 0 aliphatic heterocycles. The van der Waals surface area contributed by atoms with Crippen molar-refractivity contribution < 1.29 is 4.79 Å². The van der Waals surface area contributed by atoms with E-state index in [1.54, 1.807) is 0 Å². The minimum absolute atomic E-state index is 0.130. The van der Waals surface area contributed by atoms with E-state index in [1.807, 2.05) is 13.8 Å². The van der Waals surface area contributed by atoms with E-state index in [1.165, 1.54) is 0 Å². The molecular formula is C4H8N2O. The molecule has 0 atom stereocenters. The molecule has 3 nitrogen and oxygen atoms in total. The van der Waals surface area contributed by atoms with Gasteiger partial charge in [-0.1, -0.05) is 0 Å². The smallest absolute Gasteiger partial charge is 0.252 e. The van der Waals surface area contributed by atoms with Crippen LogP contribution in [0.5, 0.6) is 0 Å². The van der Waals surface area contributed by atoms with E-state index in [4.69, 9.17) is 0 Å². The van der Waals surface area contributed by atoms with Crippen molar-refractivity contribution in [2.24, 2.45) is 10.2 Å². The van der Waals surface area contributed by atoms with Crippen LogP contribution in [0.2, 0.25) is 0 Å². The van der Waals surface area contributed by atoms with Gasteiger partial charge in [-0.25, -0.2) is 0 Å². The zero-order chi connectivity index (χ0) is 5.70. The second-order valence-electron chi connectivity index (χ2n) is 1.43. The molecule has 0 spiro atoms. The fourth-order valence-electron chi connectivity index (χ4n) is 0.161. The Morgan fingerprint density at radius 2 is 2.14 bits per heavy atom. The van der Waals surface area contributed by atoms with Gasteiger partial charge >= 0.3 is 0 Å². The van der Waals surface area contributed by atoms with Gasteiger partial charge in [-0.05, 0) is 13.8 Å². The van der Waals surface area contributed by atoms with Crippen molar-refractivity contribution in [3.63, 3.8) is 0 Å². The normalized spacial score (nSPS) is 10.7. The fraction of sp³-hybridized carbons (Fsp3) is 0.750. The summed E-state index contributed by atoms with van der Waals surface area (Å²) in [5.74, 6) is 0. The van der Waals surface area contributed by atoms with Gasteiger partial charge in [-0.2, -0.15) is 5.11 Å². The van der Waals surface area contributed by atoms with Crippen molar-refractivity contribution >= 4 is 6.41 Å². The zero-order valence-electron chi connectivity index (χ0n) is 4.46. The first-order valence-electron chi connectivity index (χ1n) is 2.11. The molecule has 0 fully saturated rings. The lowest BCUT2D eigenvalue weighted by Gasteiger charge is -1.85. The lowest BCUT2D eigenvalue weighted by molar-refractivity contribution is -0.107. The third kappa shape index (κ3) is 5.27. The molecule has 0 N–H and O–H groups in total. The molecule has 0 rings (SSSR count).